The van der Waals surface area contributed by atoms with E-state index in [1.807, 2.05) is 12.1 Å². The standard InChI is InChI=1S/C14H15NO2S/c16-14(10-4-3-5-10)15-17-8-11-9-18-13-7-2-1-6-12(11)13/h1-2,6-7,9-10H,3-5,8H2,(H,15,16). The summed E-state index contributed by atoms with van der Waals surface area (Å²) in [4.78, 5) is 16.9. The van der Waals surface area contributed by atoms with Gasteiger partial charge < -0.3 is 0 Å². The number of fused-ring (bicyclic) bond motifs is 1. The Kier molecular flexibility index (Phi) is 3.30. The SMILES string of the molecule is O=C(NOCc1csc2ccccc12)C1CCC1. The number of amides is 1. The lowest BCUT2D eigenvalue weighted by atomic mass is 9.85. The van der Waals surface area contributed by atoms with Crippen LogP contribution in [0.4, 0.5) is 0 Å². The third kappa shape index (κ3) is 2.26. The third-order valence-corrected chi connectivity index (χ3v) is 4.45. The van der Waals surface area contributed by atoms with Gasteiger partial charge in [-0.1, -0.05) is 24.6 Å². The number of hydrogen-bond donors (Lipinski definition) is 1. The maximum Gasteiger partial charge on any atom is 0.246 e. The van der Waals surface area contributed by atoms with E-state index in [1.165, 1.54) is 10.1 Å². The molecule has 18 heavy (non-hydrogen) atoms. The average molecular weight is 261 g/mol. The summed E-state index contributed by atoms with van der Waals surface area (Å²) in [7, 11) is 0. The van der Waals surface area contributed by atoms with Gasteiger partial charge in [0.1, 0.15) is 6.61 Å². The smallest absolute Gasteiger partial charge is 0.246 e. The molecular formula is C14H15NO2S. The van der Waals surface area contributed by atoms with E-state index in [2.05, 4.69) is 23.0 Å². The van der Waals surface area contributed by atoms with Crippen LogP contribution in [-0.4, -0.2) is 5.91 Å². The van der Waals surface area contributed by atoms with Gasteiger partial charge in [0.15, 0.2) is 0 Å². The maximum absolute atomic E-state index is 11.6. The van der Waals surface area contributed by atoms with E-state index in [0.29, 0.717) is 6.61 Å². The highest BCUT2D eigenvalue weighted by Crippen LogP contribution is 2.27. The van der Waals surface area contributed by atoms with Crippen LogP contribution in [0.25, 0.3) is 10.1 Å². The Morgan fingerprint density at radius 1 is 1.39 bits per heavy atom. The van der Waals surface area contributed by atoms with Crippen LogP contribution in [-0.2, 0) is 16.2 Å². The number of rotatable bonds is 4. The van der Waals surface area contributed by atoms with Crippen molar-refractivity contribution in [2.24, 2.45) is 5.92 Å². The van der Waals surface area contributed by atoms with Crippen molar-refractivity contribution >= 4 is 27.3 Å². The van der Waals surface area contributed by atoms with Crippen molar-refractivity contribution in [3.8, 4) is 0 Å². The first-order valence-electron chi connectivity index (χ1n) is 6.21. The number of hydrogen-bond acceptors (Lipinski definition) is 3. The number of carbonyl (C=O) groups is 1. The van der Waals surface area contributed by atoms with Crippen molar-refractivity contribution in [3.63, 3.8) is 0 Å². The third-order valence-electron chi connectivity index (χ3n) is 3.44. The predicted molar refractivity (Wildman–Crippen MR) is 72.1 cm³/mol. The molecule has 1 aliphatic carbocycles. The molecule has 0 bridgehead atoms. The molecule has 94 valence electrons. The molecule has 1 saturated carbocycles. The zero-order valence-corrected chi connectivity index (χ0v) is 10.8. The van der Waals surface area contributed by atoms with Gasteiger partial charge in [0, 0.05) is 10.6 Å². The van der Waals surface area contributed by atoms with Crippen molar-refractivity contribution < 1.29 is 9.63 Å². The Hall–Kier alpha value is -1.39. The average Bonchev–Trinajstić information content (AvgIpc) is 2.71. The van der Waals surface area contributed by atoms with Crippen LogP contribution in [0.2, 0.25) is 0 Å². The first kappa shape index (κ1) is 11.7. The number of thiophene rings is 1. The summed E-state index contributed by atoms with van der Waals surface area (Å²) in [6.07, 6.45) is 3.15. The van der Waals surface area contributed by atoms with Gasteiger partial charge >= 0.3 is 0 Å². The predicted octanol–water partition coefficient (Wildman–Crippen LogP) is 3.25. The largest absolute Gasteiger partial charge is 0.273 e. The molecule has 1 amide bonds. The lowest BCUT2D eigenvalue weighted by Gasteiger charge is -2.23. The molecule has 0 atom stereocenters. The zero-order chi connectivity index (χ0) is 12.4. The van der Waals surface area contributed by atoms with Gasteiger partial charge in [-0.2, -0.15) is 0 Å². The van der Waals surface area contributed by atoms with Crippen molar-refractivity contribution in [1.29, 1.82) is 0 Å². The fraction of sp³-hybridized carbons (Fsp3) is 0.357. The van der Waals surface area contributed by atoms with Crippen molar-refractivity contribution in [1.82, 2.24) is 5.48 Å². The molecular weight excluding hydrogens is 246 g/mol. The van der Waals surface area contributed by atoms with E-state index >= 15 is 0 Å². The molecule has 4 heteroatoms. The Bertz CT molecular complexity index is 560. The maximum atomic E-state index is 11.6. The lowest BCUT2D eigenvalue weighted by molar-refractivity contribution is -0.141. The van der Waals surface area contributed by atoms with Crippen LogP contribution in [0.1, 0.15) is 24.8 Å². The molecule has 0 saturated heterocycles. The van der Waals surface area contributed by atoms with Gasteiger partial charge in [0.2, 0.25) is 5.91 Å². The first-order chi connectivity index (χ1) is 8.84. The Labute approximate surface area is 110 Å². The Morgan fingerprint density at radius 3 is 3.00 bits per heavy atom. The van der Waals surface area contributed by atoms with Crippen LogP contribution in [0.3, 0.4) is 0 Å². The lowest BCUT2D eigenvalue weighted by Crippen LogP contribution is -2.34. The highest BCUT2D eigenvalue weighted by Gasteiger charge is 2.25. The quantitative estimate of drug-likeness (QED) is 0.858. The molecule has 2 aromatic rings. The molecule has 3 nitrogen and oxygen atoms in total. The normalized spacial score (nSPS) is 15.6. The molecule has 0 aliphatic heterocycles. The molecule has 1 fully saturated rings. The highest BCUT2D eigenvalue weighted by molar-refractivity contribution is 7.17. The summed E-state index contributed by atoms with van der Waals surface area (Å²) in [5, 5.41) is 3.29. The zero-order valence-electron chi connectivity index (χ0n) is 10.0. The minimum atomic E-state index is 0.0285. The number of hydroxylamine groups is 1. The van der Waals surface area contributed by atoms with Crippen molar-refractivity contribution in [2.45, 2.75) is 25.9 Å². The Balaban J connectivity index is 1.58. The van der Waals surface area contributed by atoms with Crippen LogP contribution < -0.4 is 5.48 Å². The fourth-order valence-corrected chi connectivity index (χ4v) is 3.03. The van der Waals surface area contributed by atoms with E-state index < -0.39 is 0 Å². The summed E-state index contributed by atoms with van der Waals surface area (Å²) in [6.45, 7) is 0.433. The van der Waals surface area contributed by atoms with Crippen LogP contribution >= 0.6 is 11.3 Å². The minimum absolute atomic E-state index is 0.0285. The fourth-order valence-electron chi connectivity index (χ4n) is 2.08. The molecule has 0 unspecified atom stereocenters. The molecule has 1 aliphatic rings. The number of benzene rings is 1. The Morgan fingerprint density at radius 2 is 2.22 bits per heavy atom. The van der Waals surface area contributed by atoms with E-state index in [1.54, 1.807) is 11.3 Å². The van der Waals surface area contributed by atoms with Crippen LogP contribution in [0, 0.1) is 5.92 Å². The van der Waals surface area contributed by atoms with Crippen molar-refractivity contribution in [3.05, 3.63) is 35.2 Å². The second-order valence-corrected chi connectivity index (χ2v) is 5.55. The summed E-state index contributed by atoms with van der Waals surface area (Å²) >= 11 is 1.70. The summed E-state index contributed by atoms with van der Waals surface area (Å²) < 4.78 is 1.25. The number of carbonyl (C=O) groups excluding carboxylic acids is 1. The highest BCUT2D eigenvalue weighted by atomic mass is 32.1. The van der Waals surface area contributed by atoms with E-state index in [9.17, 15) is 4.79 Å². The molecule has 0 radical (unpaired) electrons. The van der Waals surface area contributed by atoms with Gasteiger partial charge in [-0.15, -0.1) is 11.3 Å². The number of nitrogens with one attached hydrogen (secondary N) is 1. The molecule has 3 rings (SSSR count). The summed E-state index contributed by atoms with van der Waals surface area (Å²) in [5.41, 5.74) is 3.68. The van der Waals surface area contributed by atoms with Gasteiger partial charge in [-0.3, -0.25) is 9.63 Å². The van der Waals surface area contributed by atoms with Crippen LogP contribution in [0.15, 0.2) is 29.6 Å². The van der Waals surface area contributed by atoms with Gasteiger partial charge in [0.05, 0.1) is 0 Å². The van der Waals surface area contributed by atoms with E-state index in [0.717, 1.165) is 24.8 Å². The van der Waals surface area contributed by atoms with Crippen LogP contribution in [0.5, 0.6) is 0 Å². The van der Waals surface area contributed by atoms with Gasteiger partial charge in [-0.05, 0) is 35.2 Å². The second kappa shape index (κ2) is 5.08. The first-order valence-corrected chi connectivity index (χ1v) is 7.09. The van der Waals surface area contributed by atoms with E-state index in [-0.39, 0.29) is 11.8 Å². The molecule has 1 aromatic heterocycles. The molecule has 0 spiro atoms. The summed E-state index contributed by atoms with van der Waals surface area (Å²) in [5.74, 6) is 0.199. The van der Waals surface area contributed by atoms with Crippen molar-refractivity contribution in [2.75, 3.05) is 0 Å². The summed E-state index contributed by atoms with van der Waals surface area (Å²) in [6, 6.07) is 8.22. The van der Waals surface area contributed by atoms with E-state index in [4.69, 9.17) is 4.84 Å². The topological polar surface area (TPSA) is 38.3 Å². The molecule has 1 N–H and O–H groups in total. The van der Waals surface area contributed by atoms with Gasteiger partial charge in [0.25, 0.3) is 0 Å². The molecule has 1 aromatic carbocycles. The second-order valence-electron chi connectivity index (χ2n) is 4.64. The monoisotopic (exact) mass is 261 g/mol. The minimum Gasteiger partial charge on any atom is -0.273 e. The molecule has 1 heterocycles. The van der Waals surface area contributed by atoms with Gasteiger partial charge in [-0.25, -0.2) is 5.48 Å².